The summed E-state index contributed by atoms with van der Waals surface area (Å²) in [6.07, 6.45) is 2.07. The zero-order valence-electron chi connectivity index (χ0n) is 15.4. The number of amides is 1. The Balaban J connectivity index is 1.86. The van der Waals surface area contributed by atoms with Gasteiger partial charge >= 0.3 is 0 Å². The molecule has 2 aromatic rings. The van der Waals surface area contributed by atoms with Crippen LogP contribution in [0.5, 0.6) is 5.75 Å². The Labute approximate surface area is 170 Å². The second-order valence-electron chi connectivity index (χ2n) is 6.71. The lowest BCUT2D eigenvalue weighted by Gasteiger charge is -2.29. The maximum atomic E-state index is 13.2. The van der Waals surface area contributed by atoms with Gasteiger partial charge in [0.2, 0.25) is 0 Å². The minimum Gasteiger partial charge on any atom is -0.490 e. The summed E-state index contributed by atoms with van der Waals surface area (Å²) in [7, 11) is -3.13. The van der Waals surface area contributed by atoms with E-state index < -0.39 is 9.84 Å². The van der Waals surface area contributed by atoms with Crippen LogP contribution in [-0.2, 0) is 16.4 Å². The van der Waals surface area contributed by atoms with Crippen LogP contribution in [0.15, 0.2) is 61.2 Å². The highest BCUT2D eigenvalue weighted by Crippen LogP contribution is 2.25. The minimum absolute atomic E-state index is 0.0241. The van der Waals surface area contributed by atoms with Gasteiger partial charge in [0.1, 0.15) is 12.4 Å². The van der Waals surface area contributed by atoms with Gasteiger partial charge in [-0.3, -0.25) is 4.79 Å². The summed E-state index contributed by atoms with van der Waals surface area (Å²) < 4.78 is 29.4. The molecule has 0 N–H and O–H groups in total. The number of nitrogens with zero attached hydrogens (tertiary/aromatic N) is 1. The van der Waals surface area contributed by atoms with Gasteiger partial charge in [-0.25, -0.2) is 8.42 Å². The van der Waals surface area contributed by atoms with Crippen LogP contribution < -0.4 is 4.74 Å². The SMILES string of the molecule is C=CCOc1ccc(C(=O)N(Cc2ccccc2Cl)[C@@H]2CCS(=O)(=O)C2)cc1. The van der Waals surface area contributed by atoms with Gasteiger partial charge in [0.05, 0.1) is 11.5 Å². The number of rotatable bonds is 7. The van der Waals surface area contributed by atoms with E-state index in [1.807, 2.05) is 18.2 Å². The van der Waals surface area contributed by atoms with Crippen LogP contribution in [-0.4, -0.2) is 43.4 Å². The topological polar surface area (TPSA) is 63.7 Å². The molecule has 2 aromatic carbocycles. The highest BCUT2D eigenvalue weighted by atomic mass is 35.5. The normalized spacial score (nSPS) is 17.8. The summed E-state index contributed by atoms with van der Waals surface area (Å²) in [5, 5.41) is 0.550. The molecule has 3 rings (SSSR count). The highest BCUT2D eigenvalue weighted by molar-refractivity contribution is 7.91. The van der Waals surface area contributed by atoms with E-state index >= 15 is 0 Å². The first kappa shape index (κ1) is 20.4. The van der Waals surface area contributed by atoms with Crippen LogP contribution in [0.3, 0.4) is 0 Å². The second kappa shape index (κ2) is 8.80. The molecule has 0 aromatic heterocycles. The van der Waals surface area contributed by atoms with E-state index in [1.165, 1.54) is 0 Å². The number of carbonyl (C=O) groups is 1. The van der Waals surface area contributed by atoms with Gasteiger partial charge in [0.25, 0.3) is 5.91 Å². The monoisotopic (exact) mass is 419 g/mol. The number of halogens is 1. The molecule has 1 heterocycles. The molecule has 1 fully saturated rings. The third-order valence-electron chi connectivity index (χ3n) is 4.68. The molecule has 0 bridgehead atoms. The quantitative estimate of drug-likeness (QED) is 0.641. The molecule has 0 unspecified atom stereocenters. The number of benzene rings is 2. The molecular formula is C21H22ClNO4S. The van der Waals surface area contributed by atoms with Gasteiger partial charge in [0.15, 0.2) is 9.84 Å². The van der Waals surface area contributed by atoms with E-state index in [0.29, 0.717) is 29.4 Å². The average Bonchev–Trinajstić information content (AvgIpc) is 3.05. The number of hydrogen-bond donors (Lipinski definition) is 0. The Kier molecular flexibility index (Phi) is 6.42. The van der Waals surface area contributed by atoms with E-state index in [2.05, 4.69) is 6.58 Å². The van der Waals surface area contributed by atoms with Crippen LogP contribution >= 0.6 is 11.6 Å². The predicted octanol–water partition coefficient (Wildman–Crippen LogP) is 3.73. The van der Waals surface area contributed by atoms with Crippen LogP contribution in [0.4, 0.5) is 0 Å². The molecule has 0 radical (unpaired) electrons. The van der Waals surface area contributed by atoms with E-state index in [0.717, 1.165) is 5.56 Å². The molecule has 5 nitrogen and oxygen atoms in total. The number of sulfone groups is 1. The Morgan fingerprint density at radius 3 is 2.54 bits per heavy atom. The van der Waals surface area contributed by atoms with Gasteiger partial charge < -0.3 is 9.64 Å². The number of ether oxygens (including phenoxy) is 1. The summed E-state index contributed by atoms with van der Waals surface area (Å²) in [6, 6.07) is 13.7. The van der Waals surface area contributed by atoms with Gasteiger partial charge in [-0.2, -0.15) is 0 Å². The molecule has 1 amide bonds. The first-order valence-corrected chi connectivity index (χ1v) is 11.2. The zero-order chi connectivity index (χ0) is 20.1. The predicted molar refractivity (Wildman–Crippen MR) is 111 cm³/mol. The fourth-order valence-corrected chi connectivity index (χ4v) is 5.14. The lowest BCUT2D eigenvalue weighted by molar-refractivity contribution is 0.0681. The van der Waals surface area contributed by atoms with Crippen LogP contribution in [0, 0.1) is 0 Å². The molecule has 0 aliphatic carbocycles. The smallest absolute Gasteiger partial charge is 0.254 e. The van der Waals surface area contributed by atoms with Crippen molar-refractivity contribution in [3.63, 3.8) is 0 Å². The minimum atomic E-state index is -3.13. The highest BCUT2D eigenvalue weighted by Gasteiger charge is 2.35. The third-order valence-corrected chi connectivity index (χ3v) is 6.80. The van der Waals surface area contributed by atoms with E-state index in [9.17, 15) is 13.2 Å². The van der Waals surface area contributed by atoms with Gasteiger partial charge in [-0.1, -0.05) is 42.5 Å². The van der Waals surface area contributed by atoms with Crippen molar-refractivity contribution in [2.45, 2.75) is 19.0 Å². The Bertz CT molecular complexity index is 957. The molecule has 0 saturated carbocycles. The van der Waals surface area contributed by atoms with Gasteiger partial charge in [-0.15, -0.1) is 0 Å². The number of carbonyl (C=O) groups excluding carboxylic acids is 1. The molecule has 7 heteroatoms. The number of hydrogen-bond acceptors (Lipinski definition) is 4. The maximum Gasteiger partial charge on any atom is 0.254 e. The van der Waals surface area contributed by atoms with Gasteiger partial charge in [0, 0.05) is 23.2 Å². The summed E-state index contributed by atoms with van der Waals surface area (Å²) in [5.41, 5.74) is 1.26. The fraction of sp³-hybridized carbons (Fsp3) is 0.286. The van der Waals surface area contributed by atoms with Crippen molar-refractivity contribution in [3.8, 4) is 5.75 Å². The van der Waals surface area contributed by atoms with Crippen molar-refractivity contribution in [2.24, 2.45) is 0 Å². The van der Waals surface area contributed by atoms with Crippen molar-refractivity contribution in [2.75, 3.05) is 18.1 Å². The van der Waals surface area contributed by atoms with Crippen molar-refractivity contribution in [3.05, 3.63) is 77.3 Å². The average molecular weight is 420 g/mol. The van der Waals surface area contributed by atoms with Crippen LogP contribution in [0.2, 0.25) is 5.02 Å². The Morgan fingerprint density at radius 2 is 1.93 bits per heavy atom. The second-order valence-corrected chi connectivity index (χ2v) is 9.34. The molecule has 1 saturated heterocycles. The van der Waals surface area contributed by atoms with Crippen LogP contribution in [0.1, 0.15) is 22.3 Å². The Morgan fingerprint density at radius 1 is 1.21 bits per heavy atom. The van der Waals surface area contributed by atoms with Crippen LogP contribution in [0.25, 0.3) is 0 Å². The Hall–Kier alpha value is -2.31. The van der Waals surface area contributed by atoms with Crippen molar-refractivity contribution in [1.82, 2.24) is 4.90 Å². The summed E-state index contributed by atoms with van der Waals surface area (Å²) in [5.74, 6) is 0.483. The largest absolute Gasteiger partial charge is 0.490 e. The molecule has 1 atom stereocenters. The lowest BCUT2D eigenvalue weighted by Crippen LogP contribution is -2.40. The van der Waals surface area contributed by atoms with Crippen molar-refractivity contribution < 1.29 is 17.9 Å². The third kappa shape index (κ3) is 4.94. The summed E-state index contributed by atoms with van der Waals surface area (Å²) in [4.78, 5) is 14.8. The van der Waals surface area contributed by atoms with Crippen molar-refractivity contribution >= 4 is 27.3 Å². The summed E-state index contributed by atoms with van der Waals surface area (Å²) in [6.45, 7) is 4.24. The van der Waals surface area contributed by atoms with Gasteiger partial charge in [-0.05, 0) is 42.3 Å². The fourth-order valence-electron chi connectivity index (χ4n) is 3.21. The van der Waals surface area contributed by atoms with Crippen molar-refractivity contribution in [1.29, 1.82) is 0 Å². The molecule has 148 valence electrons. The lowest BCUT2D eigenvalue weighted by atomic mass is 10.1. The molecular weight excluding hydrogens is 398 g/mol. The summed E-state index contributed by atoms with van der Waals surface area (Å²) >= 11 is 6.27. The van der Waals surface area contributed by atoms with E-state index in [-0.39, 0.29) is 30.0 Å². The molecule has 28 heavy (non-hydrogen) atoms. The first-order valence-electron chi connectivity index (χ1n) is 8.98. The zero-order valence-corrected chi connectivity index (χ0v) is 17.0. The first-order chi connectivity index (χ1) is 13.4. The maximum absolute atomic E-state index is 13.2. The molecule has 0 spiro atoms. The van der Waals surface area contributed by atoms with E-state index in [4.69, 9.17) is 16.3 Å². The standard InChI is InChI=1S/C21H22ClNO4S/c1-2-12-27-19-9-7-16(8-10-19)21(24)23(18-11-13-28(25,26)15-18)14-17-5-3-4-6-20(17)22/h2-10,18H,1,11-15H2/t18-/m1/s1. The molecule has 1 aliphatic rings. The molecule has 1 aliphatic heterocycles. The van der Waals surface area contributed by atoms with E-state index in [1.54, 1.807) is 41.3 Å².